The molecule has 2 aliphatic heterocycles. The van der Waals surface area contributed by atoms with Crippen molar-refractivity contribution in [3.63, 3.8) is 0 Å². The van der Waals surface area contributed by atoms with Crippen LogP contribution in [0.5, 0.6) is 0 Å². The highest BCUT2D eigenvalue weighted by Crippen LogP contribution is 2.30. The highest BCUT2D eigenvalue weighted by molar-refractivity contribution is 7.91. The Morgan fingerprint density at radius 1 is 1.14 bits per heavy atom. The lowest BCUT2D eigenvalue weighted by Crippen LogP contribution is -2.44. The maximum absolute atomic E-state index is 12.5. The standard InChI is InChI=1S/C18H24N4O4S2/c1-18(2,3)13-6-7-19-17(21-13)20-11-9-25-16-12(10-26-15(11)16)22-28(23,24)14-5-4-8-27-14/h4-8,11-12,15-16,22H,9-10H2,1-3H3,(H,19,20,21)/t11-,12+,15-,16+/m1/s1. The summed E-state index contributed by atoms with van der Waals surface area (Å²) >= 11 is 1.18. The zero-order chi connectivity index (χ0) is 19.9. The van der Waals surface area contributed by atoms with Gasteiger partial charge in [-0.2, -0.15) is 0 Å². The maximum Gasteiger partial charge on any atom is 0.250 e. The third-order valence-corrected chi connectivity index (χ3v) is 7.75. The van der Waals surface area contributed by atoms with E-state index in [2.05, 4.69) is 40.8 Å². The predicted molar refractivity (Wildman–Crippen MR) is 106 cm³/mol. The first-order valence-corrected chi connectivity index (χ1v) is 11.5. The van der Waals surface area contributed by atoms with Crippen LogP contribution in [0.3, 0.4) is 0 Å². The van der Waals surface area contributed by atoms with Crippen molar-refractivity contribution in [2.45, 2.75) is 54.7 Å². The minimum Gasteiger partial charge on any atom is -0.371 e. The number of sulfonamides is 1. The average Bonchev–Trinajstić information content (AvgIpc) is 3.35. The van der Waals surface area contributed by atoms with Crippen LogP contribution in [0.25, 0.3) is 0 Å². The Bertz CT molecular complexity index is 927. The van der Waals surface area contributed by atoms with Gasteiger partial charge in [-0.05, 0) is 17.5 Å². The average molecular weight is 425 g/mol. The van der Waals surface area contributed by atoms with E-state index in [1.54, 1.807) is 23.7 Å². The SMILES string of the molecule is CC(C)(C)c1ccnc(N[C@@H]2CO[C@@H]3[C@@H]2OC[C@@H]3NS(=O)(=O)c2cccs2)n1. The number of hydrogen-bond acceptors (Lipinski definition) is 8. The summed E-state index contributed by atoms with van der Waals surface area (Å²) in [5.74, 6) is 0.521. The topological polar surface area (TPSA) is 102 Å². The number of anilines is 1. The van der Waals surface area contributed by atoms with E-state index in [1.807, 2.05) is 6.07 Å². The van der Waals surface area contributed by atoms with E-state index in [1.165, 1.54) is 11.3 Å². The number of aromatic nitrogens is 2. The van der Waals surface area contributed by atoms with Gasteiger partial charge in [-0.25, -0.2) is 23.1 Å². The molecule has 10 heteroatoms. The molecule has 2 aliphatic rings. The second-order valence-electron chi connectivity index (χ2n) is 8.02. The summed E-state index contributed by atoms with van der Waals surface area (Å²) in [4.78, 5) is 8.89. The van der Waals surface area contributed by atoms with Crippen LogP contribution < -0.4 is 10.0 Å². The summed E-state index contributed by atoms with van der Waals surface area (Å²) in [5, 5.41) is 5.02. The minimum atomic E-state index is -3.57. The molecule has 4 rings (SSSR count). The largest absolute Gasteiger partial charge is 0.371 e. The number of rotatable bonds is 5. The predicted octanol–water partition coefficient (Wildman–Crippen LogP) is 1.76. The first kappa shape index (κ1) is 19.7. The number of ether oxygens (including phenoxy) is 2. The molecule has 4 atom stereocenters. The van der Waals surface area contributed by atoms with Crippen molar-refractivity contribution in [1.29, 1.82) is 0 Å². The van der Waals surface area contributed by atoms with Crippen LogP contribution in [-0.2, 0) is 24.9 Å². The van der Waals surface area contributed by atoms with Crippen molar-refractivity contribution in [1.82, 2.24) is 14.7 Å². The van der Waals surface area contributed by atoms with Gasteiger partial charge in [-0.3, -0.25) is 0 Å². The lowest BCUT2D eigenvalue weighted by Gasteiger charge is -2.21. The maximum atomic E-state index is 12.5. The first-order valence-electron chi connectivity index (χ1n) is 9.13. The second kappa shape index (κ2) is 7.34. The van der Waals surface area contributed by atoms with Crippen LogP contribution in [0.15, 0.2) is 34.0 Å². The second-order valence-corrected chi connectivity index (χ2v) is 10.9. The summed E-state index contributed by atoms with van der Waals surface area (Å²) in [6.07, 6.45) is 1.12. The molecule has 0 unspecified atom stereocenters. The Balaban J connectivity index is 1.43. The van der Waals surface area contributed by atoms with Crippen molar-refractivity contribution in [2.75, 3.05) is 18.5 Å². The highest BCUT2D eigenvalue weighted by atomic mass is 32.2. The van der Waals surface area contributed by atoms with Gasteiger partial charge in [0.05, 0.1) is 31.0 Å². The van der Waals surface area contributed by atoms with E-state index in [9.17, 15) is 8.42 Å². The van der Waals surface area contributed by atoms with Crippen LogP contribution in [0.1, 0.15) is 26.5 Å². The van der Waals surface area contributed by atoms with Crippen molar-refractivity contribution in [2.24, 2.45) is 0 Å². The Morgan fingerprint density at radius 2 is 1.86 bits per heavy atom. The fourth-order valence-corrected chi connectivity index (χ4v) is 5.65. The van der Waals surface area contributed by atoms with Gasteiger partial charge < -0.3 is 14.8 Å². The molecule has 0 radical (unpaired) electrons. The normalized spacial score (nSPS) is 27.7. The molecule has 0 aliphatic carbocycles. The van der Waals surface area contributed by atoms with Gasteiger partial charge in [0.25, 0.3) is 0 Å². The Morgan fingerprint density at radius 3 is 2.54 bits per heavy atom. The summed E-state index contributed by atoms with van der Waals surface area (Å²) in [6.45, 7) is 6.95. The molecule has 0 spiro atoms. The Labute approximate surface area is 168 Å². The van der Waals surface area contributed by atoms with Gasteiger partial charge >= 0.3 is 0 Å². The molecule has 152 valence electrons. The van der Waals surface area contributed by atoms with Crippen molar-refractivity contribution < 1.29 is 17.9 Å². The quantitative estimate of drug-likeness (QED) is 0.754. The van der Waals surface area contributed by atoms with Gasteiger partial charge in [0, 0.05) is 11.6 Å². The molecule has 4 heterocycles. The zero-order valence-corrected chi connectivity index (χ0v) is 17.6. The highest BCUT2D eigenvalue weighted by Gasteiger charge is 2.49. The molecule has 2 saturated heterocycles. The number of nitrogens with zero attached hydrogens (tertiary/aromatic N) is 2. The fraction of sp³-hybridized carbons (Fsp3) is 0.556. The number of nitrogens with one attached hydrogen (secondary N) is 2. The summed E-state index contributed by atoms with van der Waals surface area (Å²) in [5.41, 5.74) is 0.859. The van der Waals surface area contributed by atoms with Crippen molar-refractivity contribution in [3.8, 4) is 0 Å². The van der Waals surface area contributed by atoms with E-state index < -0.39 is 16.1 Å². The summed E-state index contributed by atoms with van der Waals surface area (Å²) < 4.78 is 39.7. The molecule has 8 nitrogen and oxygen atoms in total. The molecular weight excluding hydrogens is 400 g/mol. The van der Waals surface area contributed by atoms with Crippen LogP contribution >= 0.6 is 11.3 Å². The number of fused-ring (bicyclic) bond motifs is 1. The van der Waals surface area contributed by atoms with E-state index in [0.29, 0.717) is 12.6 Å². The molecule has 2 fully saturated rings. The lowest BCUT2D eigenvalue weighted by molar-refractivity contribution is 0.0690. The van der Waals surface area contributed by atoms with E-state index in [0.717, 1.165) is 5.69 Å². The fourth-order valence-electron chi connectivity index (χ4n) is 3.41. The van der Waals surface area contributed by atoms with Crippen molar-refractivity contribution in [3.05, 3.63) is 35.5 Å². The lowest BCUT2D eigenvalue weighted by atomic mass is 9.92. The van der Waals surface area contributed by atoms with Crippen molar-refractivity contribution >= 4 is 27.3 Å². The molecule has 0 amide bonds. The molecule has 2 N–H and O–H groups in total. The van der Waals surface area contributed by atoms with Gasteiger partial charge in [0.2, 0.25) is 16.0 Å². The van der Waals surface area contributed by atoms with Crippen LogP contribution in [-0.4, -0.2) is 55.9 Å². The molecule has 2 aromatic heterocycles. The molecule has 0 aromatic carbocycles. The molecule has 28 heavy (non-hydrogen) atoms. The number of hydrogen-bond donors (Lipinski definition) is 2. The van der Waals surface area contributed by atoms with Crippen LogP contribution in [0.2, 0.25) is 0 Å². The van der Waals surface area contributed by atoms with Crippen LogP contribution in [0, 0.1) is 0 Å². The Kier molecular flexibility index (Phi) is 5.17. The van der Waals surface area contributed by atoms with Gasteiger partial charge in [0.15, 0.2) is 0 Å². The monoisotopic (exact) mass is 424 g/mol. The minimum absolute atomic E-state index is 0.0803. The summed E-state index contributed by atoms with van der Waals surface area (Å²) in [6, 6.07) is 4.63. The van der Waals surface area contributed by atoms with Gasteiger partial charge in [0.1, 0.15) is 16.4 Å². The van der Waals surface area contributed by atoms with Gasteiger partial charge in [-0.15, -0.1) is 11.3 Å². The first-order chi connectivity index (χ1) is 13.2. The number of thiophene rings is 1. The smallest absolute Gasteiger partial charge is 0.250 e. The zero-order valence-electron chi connectivity index (χ0n) is 16.0. The van der Waals surface area contributed by atoms with E-state index in [-0.39, 0.29) is 34.5 Å². The third kappa shape index (κ3) is 3.92. The summed E-state index contributed by atoms with van der Waals surface area (Å²) in [7, 11) is -3.57. The third-order valence-electron chi connectivity index (χ3n) is 4.86. The van der Waals surface area contributed by atoms with Crippen LogP contribution in [0.4, 0.5) is 5.95 Å². The van der Waals surface area contributed by atoms with E-state index >= 15 is 0 Å². The molecule has 2 aromatic rings. The Hall–Kier alpha value is -1.59. The molecule has 0 saturated carbocycles. The molecule has 0 bridgehead atoms. The molecular formula is C18H24N4O4S2. The van der Waals surface area contributed by atoms with E-state index in [4.69, 9.17) is 9.47 Å². The van der Waals surface area contributed by atoms with Gasteiger partial charge in [-0.1, -0.05) is 26.8 Å².